The molecule has 2 N–H and O–H groups in total. The molecule has 0 saturated carbocycles. The highest BCUT2D eigenvalue weighted by Gasteiger charge is 2.34. The van der Waals surface area contributed by atoms with Gasteiger partial charge in [-0.1, -0.05) is 6.92 Å². The van der Waals surface area contributed by atoms with E-state index >= 15 is 8.78 Å². The Labute approximate surface area is 346 Å². The van der Waals surface area contributed by atoms with Gasteiger partial charge in [-0.2, -0.15) is 5.10 Å². The van der Waals surface area contributed by atoms with Crippen LogP contribution in [-0.4, -0.2) is 98.9 Å². The number of fused-ring (bicyclic) bond motifs is 7. The third kappa shape index (κ3) is 7.80. The van der Waals surface area contributed by atoms with Gasteiger partial charge in [-0.3, -0.25) is 34.9 Å². The van der Waals surface area contributed by atoms with E-state index in [1.165, 1.54) is 12.1 Å². The van der Waals surface area contributed by atoms with E-state index in [0.29, 0.717) is 66.8 Å². The van der Waals surface area contributed by atoms with Crippen LogP contribution in [0.25, 0.3) is 22.3 Å². The summed E-state index contributed by atoms with van der Waals surface area (Å²) >= 11 is 0. The van der Waals surface area contributed by atoms with Crippen molar-refractivity contribution in [2.45, 2.75) is 70.9 Å². The fourth-order valence-electron chi connectivity index (χ4n) is 9.37. The zero-order valence-corrected chi connectivity index (χ0v) is 34.2. The maximum Gasteiger partial charge on any atom is 0.258 e. The maximum absolute atomic E-state index is 15.3. The number of nitrogens with zero attached hydrogens (tertiary/aromatic N) is 8. The lowest BCUT2D eigenvalue weighted by molar-refractivity contribution is -0.134. The molecule has 314 valence electrons. The van der Waals surface area contributed by atoms with Crippen molar-refractivity contribution in [3.63, 3.8) is 0 Å². The van der Waals surface area contributed by atoms with Crippen LogP contribution < -0.4 is 25.2 Å². The number of rotatable bonds is 4. The number of benzene rings is 2. The molecule has 3 saturated heterocycles. The average molecular weight is 821 g/mol. The number of halogens is 2. The van der Waals surface area contributed by atoms with Crippen LogP contribution in [-0.2, 0) is 23.2 Å². The van der Waals surface area contributed by atoms with Gasteiger partial charge in [0.15, 0.2) is 0 Å². The Morgan fingerprint density at radius 2 is 1.58 bits per heavy atom. The highest BCUT2D eigenvalue weighted by Crippen LogP contribution is 2.35. The lowest BCUT2D eigenvalue weighted by Gasteiger charge is -2.44. The van der Waals surface area contributed by atoms with E-state index in [1.807, 2.05) is 24.9 Å². The van der Waals surface area contributed by atoms with E-state index in [4.69, 9.17) is 14.7 Å². The summed E-state index contributed by atoms with van der Waals surface area (Å²) in [6.07, 6.45) is 5.60. The van der Waals surface area contributed by atoms with Crippen LogP contribution in [0.2, 0.25) is 0 Å². The largest absolute Gasteiger partial charge is 0.477 e. The fourth-order valence-corrected chi connectivity index (χ4v) is 9.37. The number of carbonyl (C=O) groups is 3. The van der Waals surface area contributed by atoms with Crippen LogP contribution in [0, 0.1) is 24.5 Å². The minimum absolute atomic E-state index is 0.0562. The van der Waals surface area contributed by atoms with Gasteiger partial charge in [-0.05, 0) is 87.4 Å². The Morgan fingerprint density at radius 1 is 0.833 bits per heavy atom. The minimum Gasteiger partial charge on any atom is -0.477 e. The van der Waals surface area contributed by atoms with Crippen LogP contribution in [0.15, 0.2) is 48.7 Å². The number of nitrogens with one attached hydrogen (secondary N) is 2. The number of piperazine rings is 1. The number of hydrogen-bond donors (Lipinski definition) is 2. The first-order chi connectivity index (χ1) is 29.0. The van der Waals surface area contributed by atoms with Gasteiger partial charge in [0, 0.05) is 93.5 Å². The number of anilines is 3. The Bertz CT molecular complexity index is 2440. The summed E-state index contributed by atoms with van der Waals surface area (Å²) in [5, 5.41) is 9.74. The van der Waals surface area contributed by atoms with Gasteiger partial charge in [0.05, 0.1) is 41.0 Å². The smallest absolute Gasteiger partial charge is 0.258 e. The van der Waals surface area contributed by atoms with Crippen molar-refractivity contribution in [1.29, 1.82) is 0 Å². The molecule has 5 aromatic rings. The molecular formula is C44H50F2N10O4. The summed E-state index contributed by atoms with van der Waals surface area (Å²) in [5.74, 6) is -2.45. The monoisotopic (exact) mass is 820 g/mol. The van der Waals surface area contributed by atoms with E-state index in [0.717, 1.165) is 74.1 Å². The third-order valence-electron chi connectivity index (χ3n) is 12.6. The summed E-state index contributed by atoms with van der Waals surface area (Å²) in [6, 6.07) is 12.9. The van der Waals surface area contributed by atoms with Crippen LogP contribution in [0.5, 0.6) is 5.88 Å². The molecular weight excluding hydrogens is 771 g/mol. The lowest BCUT2D eigenvalue weighted by atomic mass is 9.89. The summed E-state index contributed by atoms with van der Waals surface area (Å²) < 4.78 is 40.7. The number of carbonyl (C=O) groups excluding carboxylic acids is 3. The minimum atomic E-state index is -1.01. The lowest BCUT2D eigenvalue weighted by Crippen LogP contribution is -2.53. The number of aryl methyl sites for hydroxylation is 2. The van der Waals surface area contributed by atoms with Crippen molar-refractivity contribution >= 4 is 46.1 Å². The Morgan fingerprint density at radius 3 is 2.33 bits per heavy atom. The first-order valence-corrected chi connectivity index (χ1v) is 21.0. The van der Waals surface area contributed by atoms with Crippen LogP contribution in [0.4, 0.5) is 26.1 Å². The molecule has 2 aromatic carbocycles. The van der Waals surface area contributed by atoms with Gasteiger partial charge >= 0.3 is 0 Å². The third-order valence-corrected chi connectivity index (χ3v) is 12.6. The topological polar surface area (TPSA) is 143 Å². The summed E-state index contributed by atoms with van der Waals surface area (Å²) in [7, 11) is 1.84. The average Bonchev–Trinajstić information content (AvgIpc) is 3.77. The molecule has 7 heterocycles. The van der Waals surface area contributed by atoms with Crippen LogP contribution >= 0.6 is 0 Å². The van der Waals surface area contributed by atoms with Gasteiger partial charge in [0.25, 0.3) is 5.91 Å². The highest BCUT2D eigenvalue weighted by atomic mass is 19.1. The molecule has 14 nitrogen and oxygen atoms in total. The van der Waals surface area contributed by atoms with E-state index in [2.05, 4.69) is 49.2 Å². The SMILES string of the molecule is Cc1cc2cc(n1)-c1cnn(C)c1OCCC[C@@H](C)Cn1c(nc3ccc(N4CCC(N5CCN(c6cc(F)c([C@@H]7CCC(=O)NC7=O)c(F)c6)CC5)CC4)cc31)NC2=O. The molecule has 4 aliphatic heterocycles. The summed E-state index contributed by atoms with van der Waals surface area (Å²) in [4.78, 5) is 54.3. The van der Waals surface area contributed by atoms with E-state index < -0.39 is 29.4 Å². The second-order valence-corrected chi connectivity index (χ2v) is 16.7. The first-order valence-electron chi connectivity index (χ1n) is 21.0. The Hall–Kier alpha value is -5.90. The zero-order valence-electron chi connectivity index (χ0n) is 34.2. The zero-order chi connectivity index (χ0) is 41.7. The number of imidazole rings is 1. The summed E-state index contributed by atoms with van der Waals surface area (Å²) in [5.41, 5.74) is 5.64. The molecule has 3 aromatic heterocycles. The molecule has 4 aliphatic rings. The normalized spacial score (nSPS) is 21.1. The number of aromatic nitrogens is 5. The Balaban J connectivity index is 0.870. The van der Waals surface area contributed by atoms with Gasteiger partial charge in [-0.25, -0.2) is 18.4 Å². The van der Waals surface area contributed by atoms with E-state index in [9.17, 15) is 14.4 Å². The van der Waals surface area contributed by atoms with Crippen molar-refractivity contribution in [3.05, 3.63) is 77.1 Å². The molecule has 0 radical (unpaired) electrons. The molecule has 0 aliphatic carbocycles. The predicted octanol–water partition coefficient (Wildman–Crippen LogP) is 5.79. The van der Waals surface area contributed by atoms with Crippen molar-refractivity contribution in [3.8, 4) is 17.1 Å². The maximum atomic E-state index is 15.3. The van der Waals surface area contributed by atoms with E-state index in [1.54, 1.807) is 23.0 Å². The molecule has 2 atom stereocenters. The van der Waals surface area contributed by atoms with Gasteiger partial charge < -0.3 is 19.1 Å². The van der Waals surface area contributed by atoms with E-state index in [-0.39, 0.29) is 30.2 Å². The highest BCUT2D eigenvalue weighted by molar-refractivity contribution is 6.05. The first kappa shape index (κ1) is 39.6. The number of piperidine rings is 2. The molecule has 0 unspecified atom stereocenters. The molecule has 0 spiro atoms. The fraction of sp³-hybridized carbons (Fsp3) is 0.455. The molecule has 9 rings (SSSR count). The second kappa shape index (κ2) is 16.3. The van der Waals surface area contributed by atoms with Crippen molar-refractivity contribution in [2.24, 2.45) is 13.0 Å². The molecule has 16 heteroatoms. The standard InChI is InChI=1S/C44H50F2N10O4/c1-26-5-4-18-60-43-33(24-47-52(43)3)37-20-28(19-27(2)48-37)41(58)51-44-49-36-8-6-30(23-38(36)56(44)25-26)53-12-10-29(11-13-53)54-14-16-55(17-15-54)31-21-34(45)40(35(46)22-31)32-7-9-39(57)50-42(32)59/h6,8,19-24,26,29,32H,4-5,7,9-18,25H2,1-3H3,(H,49,51,58)(H,50,57,59)/t26-,32+/m1/s1. The molecule has 3 amide bonds. The number of imide groups is 1. The molecule has 60 heavy (non-hydrogen) atoms. The van der Waals surface area contributed by atoms with Crippen molar-refractivity contribution in [2.75, 3.05) is 61.0 Å². The summed E-state index contributed by atoms with van der Waals surface area (Å²) in [6.45, 7) is 9.86. The van der Waals surface area contributed by atoms with Crippen molar-refractivity contribution < 1.29 is 27.9 Å². The number of ether oxygens (including phenoxy) is 1. The van der Waals surface area contributed by atoms with Crippen LogP contribution in [0.1, 0.15) is 73.0 Å². The van der Waals surface area contributed by atoms with Crippen molar-refractivity contribution in [1.82, 2.24) is 34.5 Å². The van der Waals surface area contributed by atoms with Crippen LogP contribution in [0.3, 0.4) is 0 Å². The quantitative estimate of drug-likeness (QED) is 0.214. The Kier molecular flexibility index (Phi) is 10.7. The second-order valence-electron chi connectivity index (χ2n) is 16.7. The number of amides is 3. The predicted molar refractivity (Wildman–Crippen MR) is 223 cm³/mol. The number of hydrogen-bond acceptors (Lipinski definition) is 10. The molecule has 3 fully saturated rings. The number of pyridine rings is 1. The van der Waals surface area contributed by atoms with Gasteiger partial charge in [0.1, 0.15) is 11.6 Å². The van der Waals surface area contributed by atoms with Gasteiger partial charge in [-0.15, -0.1) is 0 Å². The molecule has 2 bridgehead atoms. The van der Waals surface area contributed by atoms with Gasteiger partial charge in [0.2, 0.25) is 23.6 Å².